The van der Waals surface area contributed by atoms with Crippen molar-refractivity contribution in [2.45, 2.75) is 38.3 Å². The van der Waals surface area contributed by atoms with E-state index in [1.54, 1.807) is 11.3 Å². The Hall–Kier alpha value is -2.45. The zero-order valence-electron chi connectivity index (χ0n) is 16.3. The second kappa shape index (κ2) is 7.76. The predicted molar refractivity (Wildman–Crippen MR) is 111 cm³/mol. The van der Waals surface area contributed by atoms with E-state index < -0.39 is 0 Å². The van der Waals surface area contributed by atoms with Crippen LogP contribution in [-0.2, 0) is 9.53 Å². The summed E-state index contributed by atoms with van der Waals surface area (Å²) in [6.45, 7) is 4.29. The molecule has 0 spiro atoms. The summed E-state index contributed by atoms with van der Waals surface area (Å²) >= 11 is 1.58. The molecule has 0 radical (unpaired) electrons. The molecule has 4 heterocycles. The van der Waals surface area contributed by atoms with Gasteiger partial charge in [0, 0.05) is 43.9 Å². The molecule has 29 heavy (non-hydrogen) atoms. The van der Waals surface area contributed by atoms with Crippen LogP contribution in [0.4, 0.5) is 0 Å². The van der Waals surface area contributed by atoms with Crippen molar-refractivity contribution in [3.05, 3.63) is 30.0 Å². The molecule has 7 nitrogen and oxygen atoms in total. The summed E-state index contributed by atoms with van der Waals surface area (Å²) in [5.41, 5.74) is 4.87. The van der Waals surface area contributed by atoms with E-state index in [2.05, 4.69) is 38.4 Å². The molecule has 2 fully saturated rings. The largest absolute Gasteiger partial charge is 0.489 e. The van der Waals surface area contributed by atoms with E-state index >= 15 is 0 Å². The minimum absolute atomic E-state index is 0.0561. The van der Waals surface area contributed by atoms with Crippen LogP contribution >= 0.6 is 11.3 Å². The van der Waals surface area contributed by atoms with Crippen LogP contribution in [0.15, 0.2) is 30.0 Å². The normalized spacial score (nSPS) is 21.4. The van der Waals surface area contributed by atoms with Gasteiger partial charge >= 0.3 is 0 Å². The lowest BCUT2D eigenvalue weighted by atomic mass is 10.0. The maximum absolute atomic E-state index is 11.6. The lowest BCUT2D eigenvalue weighted by Gasteiger charge is -2.22. The van der Waals surface area contributed by atoms with Crippen molar-refractivity contribution in [3.63, 3.8) is 0 Å². The molecule has 0 saturated carbocycles. The predicted octanol–water partition coefficient (Wildman–Crippen LogP) is 3.41. The lowest BCUT2D eigenvalue weighted by molar-refractivity contribution is -0.119. The molecule has 0 aliphatic carbocycles. The Morgan fingerprint density at radius 3 is 2.97 bits per heavy atom. The molecule has 1 unspecified atom stereocenters. The van der Waals surface area contributed by atoms with Gasteiger partial charge in [0.25, 0.3) is 0 Å². The summed E-state index contributed by atoms with van der Waals surface area (Å²) in [4.78, 5) is 16.1. The minimum atomic E-state index is -0.0561. The van der Waals surface area contributed by atoms with E-state index in [-0.39, 0.29) is 17.9 Å². The molecule has 8 heteroatoms. The third kappa shape index (κ3) is 3.74. The number of carbonyl (C=O) groups is 1. The van der Waals surface area contributed by atoms with Crippen molar-refractivity contribution in [1.29, 1.82) is 0 Å². The zero-order chi connectivity index (χ0) is 19.8. The van der Waals surface area contributed by atoms with Crippen molar-refractivity contribution in [3.8, 4) is 16.9 Å². The summed E-state index contributed by atoms with van der Waals surface area (Å²) in [7, 11) is 0. The van der Waals surface area contributed by atoms with E-state index in [0.717, 1.165) is 53.1 Å². The van der Waals surface area contributed by atoms with Gasteiger partial charge in [0.2, 0.25) is 5.91 Å². The van der Waals surface area contributed by atoms with Crippen LogP contribution in [0.3, 0.4) is 0 Å². The number of nitrogens with zero attached hydrogens (tertiary/aromatic N) is 3. The average Bonchev–Trinajstić information content (AvgIpc) is 3.49. The fourth-order valence-corrected chi connectivity index (χ4v) is 4.81. The number of fused-ring (bicyclic) bond motifs is 1. The van der Waals surface area contributed by atoms with Crippen LogP contribution in [0.2, 0.25) is 0 Å². The SMILES string of the molecule is C[C@@H](Oc1cc(-c2cnn(C3CCOCC3)c2)cc2ncsc12)C1CNC(=O)C1. The van der Waals surface area contributed by atoms with Crippen LogP contribution in [0.1, 0.15) is 32.2 Å². The van der Waals surface area contributed by atoms with Gasteiger partial charge in [-0.1, -0.05) is 0 Å². The number of nitrogens with one attached hydrogen (secondary N) is 1. The molecule has 2 aromatic heterocycles. The quantitative estimate of drug-likeness (QED) is 0.695. The van der Waals surface area contributed by atoms with Gasteiger partial charge in [0.15, 0.2) is 0 Å². The molecule has 5 rings (SSSR count). The first kappa shape index (κ1) is 18.6. The third-order valence-corrected chi connectivity index (χ3v) is 6.74. The van der Waals surface area contributed by atoms with Gasteiger partial charge in [0.1, 0.15) is 11.9 Å². The molecule has 2 atom stereocenters. The summed E-state index contributed by atoms with van der Waals surface area (Å²) in [6, 6.07) is 4.56. The molecule has 1 amide bonds. The highest BCUT2D eigenvalue weighted by atomic mass is 32.1. The zero-order valence-corrected chi connectivity index (χ0v) is 17.2. The average molecular weight is 413 g/mol. The van der Waals surface area contributed by atoms with Gasteiger partial charge in [-0.05, 0) is 37.5 Å². The monoisotopic (exact) mass is 412 g/mol. The Balaban J connectivity index is 1.43. The van der Waals surface area contributed by atoms with E-state index in [4.69, 9.17) is 9.47 Å². The topological polar surface area (TPSA) is 78.3 Å². The molecule has 2 aliphatic rings. The number of aromatic nitrogens is 3. The van der Waals surface area contributed by atoms with E-state index in [1.165, 1.54) is 0 Å². The Kier molecular flexibility index (Phi) is 4.97. The van der Waals surface area contributed by atoms with Gasteiger partial charge in [-0.15, -0.1) is 11.3 Å². The van der Waals surface area contributed by atoms with Crippen molar-refractivity contribution < 1.29 is 14.3 Å². The molecule has 152 valence electrons. The number of ether oxygens (including phenoxy) is 2. The number of hydrogen-bond acceptors (Lipinski definition) is 6. The first-order valence-electron chi connectivity index (χ1n) is 10.1. The highest BCUT2D eigenvalue weighted by Gasteiger charge is 2.28. The number of thiazole rings is 1. The van der Waals surface area contributed by atoms with Gasteiger partial charge in [-0.25, -0.2) is 4.98 Å². The summed E-state index contributed by atoms with van der Waals surface area (Å²) in [6.07, 6.45) is 6.47. The summed E-state index contributed by atoms with van der Waals surface area (Å²) < 4.78 is 14.9. The Morgan fingerprint density at radius 2 is 2.17 bits per heavy atom. The second-order valence-electron chi connectivity index (χ2n) is 7.82. The van der Waals surface area contributed by atoms with Crippen LogP contribution in [0, 0.1) is 5.92 Å². The first-order valence-corrected chi connectivity index (χ1v) is 11.0. The van der Waals surface area contributed by atoms with Crippen molar-refractivity contribution in [2.24, 2.45) is 5.92 Å². The van der Waals surface area contributed by atoms with Crippen LogP contribution in [-0.4, -0.2) is 46.5 Å². The molecule has 2 aliphatic heterocycles. The van der Waals surface area contributed by atoms with Crippen LogP contribution in [0.25, 0.3) is 21.3 Å². The molecule has 1 aromatic carbocycles. The summed E-state index contributed by atoms with van der Waals surface area (Å²) in [5, 5.41) is 7.49. The molecular weight excluding hydrogens is 388 g/mol. The third-order valence-electron chi connectivity index (χ3n) is 5.88. The van der Waals surface area contributed by atoms with Crippen molar-refractivity contribution in [1.82, 2.24) is 20.1 Å². The van der Waals surface area contributed by atoms with Gasteiger partial charge in [-0.3, -0.25) is 9.48 Å². The smallest absolute Gasteiger partial charge is 0.220 e. The Bertz CT molecular complexity index is 1020. The molecular formula is C21H24N4O3S. The van der Waals surface area contributed by atoms with Crippen molar-refractivity contribution in [2.75, 3.05) is 19.8 Å². The van der Waals surface area contributed by atoms with E-state index in [9.17, 15) is 4.79 Å². The molecule has 3 aromatic rings. The maximum atomic E-state index is 11.6. The Labute approximate surface area is 173 Å². The number of benzene rings is 1. The highest BCUT2D eigenvalue weighted by Crippen LogP contribution is 2.36. The Morgan fingerprint density at radius 1 is 1.31 bits per heavy atom. The standard InChI is InChI=1S/C21H24N4O3S/c1-13(15-8-20(26)22-9-15)28-19-7-14(6-18-21(19)29-12-23-18)16-10-24-25(11-16)17-2-4-27-5-3-17/h6-7,10-13,15,17H,2-5,8-9H2,1H3,(H,22,26)/t13-,15?/m1/s1. The second-order valence-corrected chi connectivity index (χ2v) is 8.67. The molecule has 1 N–H and O–H groups in total. The van der Waals surface area contributed by atoms with Crippen LogP contribution < -0.4 is 10.1 Å². The molecule has 0 bridgehead atoms. The number of rotatable bonds is 5. The van der Waals surface area contributed by atoms with E-state index in [0.29, 0.717) is 19.0 Å². The van der Waals surface area contributed by atoms with Crippen molar-refractivity contribution >= 4 is 27.5 Å². The highest BCUT2D eigenvalue weighted by molar-refractivity contribution is 7.17. The molecule has 2 saturated heterocycles. The van der Waals surface area contributed by atoms with Gasteiger partial charge in [0.05, 0.1) is 28.0 Å². The fraction of sp³-hybridized carbons (Fsp3) is 0.476. The van der Waals surface area contributed by atoms with Gasteiger partial charge in [-0.2, -0.15) is 5.10 Å². The number of carbonyl (C=O) groups excluding carboxylic acids is 1. The number of amides is 1. The lowest BCUT2D eigenvalue weighted by Crippen LogP contribution is -2.25. The summed E-state index contributed by atoms with van der Waals surface area (Å²) in [5.74, 6) is 1.11. The first-order chi connectivity index (χ1) is 14.2. The van der Waals surface area contributed by atoms with Crippen LogP contribution in [0.5, 0.6) is 5.75 Å². The fourth-order valence-electron chi connectivity index (χ4n) is 4.08. The number of hydrogen-bond donors (Lipinski definition) is 1. The maximum Gasteiger partial charge on any atom is 0.220 e. The van der Waals surface area contributed by atoms with Gasteiger partial charge < -0.3 is 14.8 Å². The van der Waals surface area contributed by atoms with E-state index in [1.807, 2.05) is 18.6 Å². The minimum Gasteiger partial charge on any atom is -0.489 e.